The number of rotatable bonds is 13. The minimum Gasteiger partial charge on any atom is -0.482 e. The van der Waals surface area contributed by atoms with Crippen LogP contribution in [0.4, 0.5) is 4.79 Å². The van der Waals surface area contributed by atoms with Gasteiger partial charge in [0.25, 0.3) is 0 Å². The van der Waals surface area contributed by atoms with Crippen molar-refractivity contribution in [1.29, 1.82) is 0 Å². The molecule has 1 N–H and O–H groups in total. The predicted molar refractivity (Wildman–Crippen MR) is 146 cm³/mol. The summed E-state index contributed by atoms with van der Waals surface area (Å²) in [5, 5.41) is 11.0. The van der Waals surface area contributed by atoms with E-state index >= 15 is 0 Å². The van der Waals surface area contributed by atoms with Crippen molar-refractivity contribution in [2.24, 2.45) is 17.8 Å². The van der Waals surface area contributed by atoms with Crippen LogP contribution in [-0.2, 0) is 33.7 Å². The molecule has 0 saturated heterocycles. The van der Waals surface area contributed by atoms with Gasteiger partial charge in [0.1, 0.15) is 18.5 Å². The van der Waals surface area contributed by atoms with Crippen molar-refractivity contribution in [2.45, 2.75) is 83.5 Å². The quantitative estimate of drug-likeness (QED) is 0.174. The second-order valence-corrected chi connectivity index (χ2v) is 11.0. The lowest BCUT2D eigenvalue weighted by Crippen LogP contribution is -2.28. The molecule has 2 aromatic carbocycles. The highest BCUT2D eigenvalue weighted by atomic mass is 35.5. The van der Waals surface area contributed by atoms with Crippen LogP contribution in [0.3, 0.4) is 0 Å². The molecule has 1 fully saturated rings. The second-order valence-electron chi connectivity index (χ2n) is 10.7. The Hall–Kier alpha value is -2.57. The van der Waals surface area contributed by atoms with Gasteiger partial charge in [-0.2, -0.15) is 0 Å². The molecule has 7 heteroatoms. The molecule has 0 bridgehead atoms. The molecule has 0 unspecified atom stereocenters. The van der Waals surface area contributed by atoms with E-state index in [2.05, 4.69) is 13.0 Å². The first-order valence-electron chi connectivity index (χ1n) is 13.9. The molecule has 0 aromatic heterocycles. The van der Waals surface area contributed by atoms with Gasteiger partial charge in [0, 0.05) is 11.6 Å². The maximum absolute atomic E-state index is 12.3. The fraction of sp³-hybridized carbons (Fsp3) is 0.548. The number of esters is 1. The summed E-state index contributed by atoms with van der Waals surface area (Å²) in [5.74, 6) is 1.20. The molecule has 206 valence electrons. The molecule has 2 aliphatic rings. The number of carbonyl (C=O) groups is 2. The average Bonchev–Trinajstić information content (AvgIpc) is 3.22. The molecular formula is C31H39ClO6. The number of fused-ring (bicyclic) bond motifs is 2. The minimum atomic E-state index is -0.751. The Morgan fingerprint density at radius 1 is 1.05 bits per heavy atom. The van der Waals surface area contributed by atoms with Gasteiger partial charge in [-0.05, 0) is 85.5 Å². The Morgan fingerprint density at radius 3 is 2.63 bits per heavy atom. The molecular weight excluding hydrogens is 504 g/mol. The molecule has 1 saturated carbocycles. The summed E-state index contributed by atoms with van der Waals surface area (Å²) in [6.07, 6.45) is 7.39. The minimum absolute atomic E-state index is 0.138. The van der Waals surface area contributed by atoms with Gasteiger partial charge in [-0.25, -0.2) is 9.59 Å². The highest BCUT2D eigenvalue weighted by Crippen LogP contribution is 2.48. The first-order valence-corrected chi connectivity index (χ1v) is 14.3. The molecule has 0 aliphatic heterocycles. The third-order valence-corrected chi connectivity index (χ3v) is 8.23. The largest absolute Gasteiger partial charge is 0.482 e. The number of unbranched alkanes of at least 4 members (excludes halogenated alkanes) is 2. The number of carbonyl (C=O) groups excluding carboxylic acids is 2. The Kier molecular flexibility index (Phi) is 10.5. The molecule has 0 heterocycles. The lowest BCUT2D eigenvalue weighted by molar-refractivity contribution is -0.147. The van der Waals surface area contributed by atoms with E-state index < -0.39 is 11.4 Å². The van der Waals surface area contributed by atoms with Crippen LogP contribution >= 0.6 is 11.6 Å². The number of benzene rings is 2. The SMILES string of the molecule is CCCCC[C@@H](CC[C@@H]1[C@H]2Cc3cccc(OCC(=O)OCc4ccccc4)c3C[C@H]2C[C@H]1O)OC(=O)Cl. The second kappa shape index (κ2) is 14.0. The van der Waals surface area contributed by atoms with E-state index in [0.717, 1.165) is 68.2 Å². The number of hydrogen-bond donors (Lipinski definition) is 1. The van der Waals surface area contributed by atoms with Crippen molar-refractivity contribution >= 4 is 23.0 Å². The summed E-state index contributed by atoms with van der Waals surface area (Å²) in [4.78, 5) is 23.7. The van der Waals surface area contributed by atoms with Crippen LogP contribution in [0.25, 0.3) is 0 Å². The molecule has 6 nitrogen and oxygen atoms in total. The molecule has 2 aliphatic carbocycles. The van der Waals surface area contributed by atoms with Crippen LogP contribution in [0.15, 0.2) is 48.5 Å². The van der Waals surface area contributed by atoms with E-state index in [9.17, 15) is 14.7 Å². The number of halogens is 1. The van der Waals surface area contributed by atoms with E-state index in [4.69, 9.17) is 25.8 Å². The third-order valence-electron chi connectivity index (χ3n) is 8.15. The van der Waals surface area contributed by atoms with Crippen molar-refractivity contribution in [3.05, 3.63) is 65.2 Å². The maximum atomic E-state index is 12.3. The summed E-state index contributed by atoms with van der Waals surface area (Å²) in [6.45, 7) is 2.23. The van der Waals surface area contributed by atoms with E-state index in [1.54, 1.807) is 0 Å². The summed E-state index contributed by atoms with van der Waals surface area (Å²) in [7, 11) is 0. The van der Waals surface area contributed by atoms with E-state index in [1.165, 1.54) is 5.56 Å². The highest BCUT2D eigenvalue weighted by Gasteiger charge is 2.45. The zero-order valence-corrected chi connectivity index (χ0v) is 22.9. The van der Waals surface area contributed by atoms with Crippen LogP contribution in [0, 0.1) is 17.8 Å². The number of aliphatic hydroxyl groups excluding tert-OH is 1. The van der Waals surface area contributed by atoms with Crippen molar-refractivity contribution in [3.8, 4) is 5.75 Å². The van der Waals surface area contributed by atoms with Gasteiger partial charge in [-0.15, -0.1) is 0 Å². The Morgan fingerprint density at radius 2 is 1.87 bits per heavy atom. The average molecular weight is 543 g/mol. The summed E-state index contributed by atoms with van der Waals surface area (Å²) in [5.41, 5.74) is 2.53. The van der Waals surface area contributed by atoms with Gasteiger partial charge in [0.15, 0.2) is 6.61 Å². The summed E-state index contributed by atoms with van der Waals surface area (Å²) >= 11 is 5.53. The molecule has 4 rings (SSSR count). The van der Waals surface area contributed by atoms with Gasteiger partial charge >= 0.3 is 11.4 Å². The molecule has 0 radical (unpaired) electrons. The fourth-order valence-electron chi connectivity index (χ4n) is 6.25. The van der Waals surface area contributed by atoms with Crippen molar-refractivity contribution < 1.29 is 28.9 Å². The molecule has 0 spiro atoms. The monoisotopic (exact) mass is 542 g/mol. The third kappa shape index (κ3) is 7.73. The Balaban J connectivity index is 1.33. The molecule has 5 atom stereocenters. The van der Waals surface area contributed by atoms with Gasteiger partial charge in [-0.3, -0.25) is 0 Å². The lowest BCUT2D eigenvalue weighted by Gasteiger charge is -2.32. The molecule has 38 heavy (non-hydrogen) atoms. The van der Waals surface area contributed by atoms with Gasteiger partial charge in [0.2, 0.25) is 0 Å². The van der Waals surface area contributed by atoms with Crippen LogP contribution in [-0.4, -0.2) is 35.3 Å². The van der Waals surface area contributed by atoms with Crippen molar-refractivity contribution in [1.82, 2.24) is 0 Å². The van der Waals surface area contributed by atoms with Crippen molar-refractivity contribution in [2.75, 3.05) is 6.61 Å². The topological polar surface area (TPSA) is 82.1 Å². The Bertz CT molecular complexity index is 1060. The zero-order valence-electron chi connectivity index (χ0n) is 22.2. The zero-order chi connectivity index (χ0) is 26.9. The fourth-order valence-corrected chi connectivity index (χ4v) is 6.38. The summed E-state index contributed by atoms with van der Waals surface area (Å²) < 4.78 is 16.7. The van der Waals surface area contributed by atoms with Crippen LogP contribution in [0.1, 0.15) is 68.6 Å². The van der Waals surface area contributed by atoms with Gasteiger partial charge in [-0.1, -0.05) is 62.2 Å². The predicted octanol–water partition coefficient (Wildman–Crippen LogP) is 6.63. The van der Waals surface area contributed by atoms with Gasteiger partial charge in [0.05, 0.1) is 6.10 Å². The van der Waals surface area contributed by atoms with Crippen LogP contribution in [0.2, 0.25) is 0 Å². The lowest BCUT2D eigenvalue weighted by atomic mass is 9.73. The van der Waals surface area contributed by atoms with Gasteiger partial charge < -0.3 is 19.3 Å². The normalized spacial score (nSPS) is 22.7. The standard InChI is InChI=1S/C31H39ClO6/c1-2-3-5-12-24(38-31(32)35)14-15-25-26-16-22-11-8-13-29(27(22)17-23(26)18-28(25)33)36-20-30(34)37-19-21-9-6-4-7-10-21/h4,6-11,13,23-26,28,33H,2-3,5,12,14-20H2,1H3/t23-,24-,25+,26-,28+/m0/s1. The molecule has 2 aromatic rings. The Labute approximate surface area is 230 Å². The van der Waals surface area contributed by atoms with E-state index in [1.807, 2.05) is 42.5 Å². The maximum Gasteiger partial charge on any atom is 0.404 e. The summed E-state index contributed by atoms with van der Waals surface area (Å²) in [6, 6.07) is 15.6. The number of aliphatic hydroxyl groups is 1. The highest BCUT2D eigenvalue weighted by molar-refractivity contribution is 6.61. The van der Waals surface area contributed by atoms with Crippen LogP contribution in [0.5, 0.6) is 5.75 Å². The molecule has 0 amide bonds. The van der Waals surface area contributed by atoms with Crippen LogP contribution < -0.4 is 4.74 Å². The smallest absolute Gasteiger partial charge is 0.404 e. The first-order chi connectivity index (χ1) is 18.4. The van der Waals surface area contributed by atoms with E-state index in [0.29, 0.717) is 18.3 Å². The van der Waals surface area contributed by atoms with Crippen molar-refractivity contribution in [3.63, 3.8) is 0 Å². The first kappa shape index (κ1) is 28.4. The van der Waals surface area contributed by atoms with E-state index in [-0.39, 0.29) is 31.3 Å². The number of ether oxygens (including phenoxy) is 3. The number of hydrogen-bond acceptors (Lipinski definition) is 6.